The molecule has 150 valence electrons. The number of carboxylic acids is 1. The average Bonchev–Trinajstić information content (AvgIpc) is 3.60. The molecular formula is C21H22ClN5O2. The highest BCUT2D eigenvalue weighted by molar-refractivity contribution is 6.30. The lowest BCUT2D eigenvalue weighted by Gasteiger charge is -2.16. The summed E-state index contributed by atoms with van der Waals surface area (Å²) >= 11 is 6.04. The summed E-state index contributed by atoms with van der Waals surface area (Å²) in [6, 6.07) is 7.97. The van der Waals surface area contributed by atoms with Gasteiger partial charge in [0.05, 0.1) is 0 Å². The number of halogens is 1. The number of carboxylic acid groups (broad SMARTS) is 1. The molecule has 29 heavy (non-hydrogen) atoms. The lowest BCUT2D eigenvalue weighted by molar-refractivity contribution is 0.0684. The van der Waals surface area contributed by atoms with Crippen molar-refractivity contribution in [3.05, 3.63) is 46.5 Å². The number of imidazole rings is 1. The maximum Gasteiger partial charge on any atom is 0.374 e. The standard InChI is InChI=1S/C21H22ClN5O2/c1-11(13-4-5-13)23-17-16-18(25-19(24-17)21(28)29)26-20(14-6-7-14)27(16)10-12-2-8-15(22)9-3-12/h2-3,8-9,11,13-14H,4-7,10H2,1H3,(H,28,29)(H,23,24,25). The van der Waals surface area contributed by atoms with Crippen LogP contribution in [0, 0.1) is 5.92 Å². The number of nitrogens with one attached hydrogen (secondary N) is 1. The molecule has 1 atom stereocenters. The molecule has 0 saturated heterocycles. The minimum absolute atomic E-state index is 0.220. The third kappa shape index (κ3) is 3.67. The summed E-state index contributed by atoms with van der Waals surface area (Å²) in [5.41, 5.74) is 2.32. The molecule has 1 unspecified atom stereocenters. The second-order valence-electron chi connectivity index (χ2n) is 8.10. The summed E-state index contributed by atoms with van der Waals surface area (Å²) in [6.45, 7) is 2.73. The summed E-state index contributed by atoms with van der Waals surface area (Å²) in [6.07, 6.45) is 4.55. The van der Waals surface area contributed by atoms with Crippen molar-refractivity contribution in [3.8, 4) is 0 Å². The number of benzene rings is 1. The first-order valence-corrected chi connectivity index (χ1v) is 10.4. The van der Waals surface area contributed by atoms with Gasteiger partial charge in [-0.3, -0.25) is 0 Å². The Morgan fingerprint density at radius 3 is 2.55 bits per heavy atom. The molecule has 2 N–H and O–H groups in total. The van der Waals surface area contributed by atoms with E-state index in [1.807, 2.05) is 24.3 Å². The minimum Gasteiger partial charge on any atom is -0.475 e. The number of hydrogen-bond acceptors (Lipinski definition) is 5. The van der Waals surface area contributed by atoms with Crippen LogP contribution in [0.2, 0.25) is 5.02 Å². The zero-order chi connectivity index (χ0) is 20.1. The lowest BCUT2D eigenvalue weighted by atomic mass is 10.2. The van der Waals surface area contributed by atoms with Gasteiger partial charge in [-0.15, -0.1) is 0 Å². The first kappa shape index (κ1) is 18.4. The van der Waals surface area contributed by atoms with E-state index in [9.17, 15) is 9.90 Å². The third-order valence-electron chi connectivity index (χ3n) is 5.71. The van der Waals surface area contributed by atoms with Gasteiger partial charge in [-0.05, 0) is 56.2 Å². The molecular weight excluding hydrogens is 390 g/mol. The van der Waals surface area contributed by atoms with E-state index in [0.29, 0.717) is 34.9 Å². The highest BCUT2D eigenvalue weighted by Gasteiger charge is 2.33. The van der Waals surface area contributed by atoms with Crippen LogP contribution in [0.4, 0.5) is 5.82 Å². The van der Waals surface area contributed by atoms with Crippen molar-refractivity contribution in [2.24, 2.45) is 5.92 Å². The summed E-state index contributed by atoms with van der Waals surface area (Å²) in [5.74, 6) is 1.13. The molecule has 1 aromatic carbocycles. The molecule has 2 saturated carbocycles. The molecule has 0 radical (unpaired) electrons. The van der Waals surface area contributed by atoms with Gasteiger partial charge in [0.1, 0.15) is 11.3 Å². The summed E-state index contributed by atoms with van der Waals surface area (Å²) in [5, 5.41) is 13.6. The van der Waals surface area contributed by atoms with Crippen molar-refractivity contribution in [1.29, 1.82) is 0 Å². The van der Waals surface area contributed by atoms with Crippen molar-refractivity contribution in [2.75, 3.05) is 5.32 Å². The van der Waals surface area contributed by atoms with Crippen molar-refractivity contribution in [1.82, 2.24) is 19.5 Å². The van der Waals surface area contributed by atoms with Crippen LogP contribution in [0.5, 0.6) is 0 Å². The van der Waals surface area contributed by atoms with E-state index in [1.165, 1.54) is 12.8 Å². The van der Waals surface area contributed by atoms with Gasteiger partial charge < -0.3 is 15.0 Å². The Morgan fingerprint density at radius 1 is 1.21 bits per heavy atom. The maximum atomic E-state index is 11.6. The molecule has 2 aliphatic carbocycles. The number of aromatic carboxylic acids is 1. The van der Waals surface area contributed by atoms with Crippen molar-refractivity contribution >= 4 is 34.6 Å². The van der Waals surface area contributed by atoms with Crippen LogP contribution in [0.25, 0.3) is 11.2 Å². The molecule has 0 amide bonds. The number of anilines is 1. The number of rotatable bonds is 7. The van der Waals surface area contributed by atoms with Crippen LogP contribution in [-0.2, 0) is 6.54 Å². The Kier molecular flexibility index (Phi) is 4.42. The summed E-state index contributed by atoms with van der Waals surface area (Å²) in [4.78, 5) is 24.9. The Balaban J connectivity index is 1.65. The molecule has 0 bridgehead atoms. The zero-order valence-electron chi connectivity index (χ0n) is 16.1. The van der Waals surface area contributed by atoms with Crippen LogP contribution < -0.4 is 5.32 Å². The predicted octanol–water partition coefficient (Wildman–Crippen LogP) is 4.31. The Labute approximate surface area is 173 Å². The highest BCUT2D eigenvalue weighted by atomic mass is 35.5. The van der Waals surface area contributed by atoms with Crippen LogP contribution >= 0.6 is 11.6 Å². The normalized spacial score (nSPS) is 17.4. The topological polar surface area (TPSA) is 92.9 Å². The second kappa shape index (κ2) is 6.99. The fraction of sp³-hybridized carbons (Fsp3) is 0.429. The first-order valence-electron chi connectivity index (χ1n) is 10.0. The van der Waals surface area contributed by atoms with E-state index in [4.69, 9.17) is 16.6 Å². The predicted molar refractivity (Wildman–Crippen MR) is 111 cm³/mol. The molecule has 0 aliphatic heterocycles. The van der Waals surface area contributed by atoms with Gasteiger partial charge >= 0.3 is 5.97 Å². The van der Waals surface area contributed by atoms with Crippen LogP contribution in [0.1, 0.15) is 60.5 Å². The first-order chi connectivity index (χ1) is 14.0. The maximum absolute atomic E-state index is 11.6. The molecule has 3 aromatic rings. The SMILES string of the molecule is CC(Nc1nc(C(=O)O)nc2nc(C3CC3)n(Cc3ccc(Cl)cc3)c12)C1CC1. The third-order valence-corrected chi connectivity index (χ3v) is 5.97. The molecule has 2 aromatic heterocycles. The highest BCUT2D eigenvalue weighted by Crippen LogP contribution is 2.42. The largest absolute Gasteiger partial charge is 0.475 e. The summed E-state index contributed by atoms with van der Waals surface area (Å²) < 4.78 is 2.14. The molecule has 2 fully saturated rings. The van der Waals surface area contributed by atoms with Gasteiger partial charge in [0.2, 0.25) is 5.82 Å². The number of nitrogens with zero attached hydrogens (tertiary/aromatic N) is 4. The number of aromatic nitrogens is 4. The van der Waals surface area contributed by atoms with Crippen molar-refractivity contribution in [2.45, 2.75) is 51.1 Å². The zero-order valence-corrected chi connectivity index (χ0v) is 16.9. The van der Waals surface area contributed by atoms with Gasteiger partial charge in [0, 0.05) is 23.5 Å². The van der Waals surface area contributed by atoms with E-state index in [2.05, 4.69) is 26.8 Å². The fourth-order valence-electron chi connectivity index (χ4n) is 3.76. The Hall–Kier alpha value is -2.67. The van der Waals surface area contributed by atoms with Crippen LogP contribution in [0.3, 0.4) is 0 Å². The molecule has 2 aliphatic rings. The molecule has 8 heteroatoms. The molecule has 7 nitrogen and oxygen atoms in total. The molecule has 5 rings (SSSR count). The number of fused-ring (bicyclic) bond motifs is 1. The van der Waals surface area contributed by atoms with Gasteiger partial charge in [0.15, 0.2) is 11.5 Å². The monoisotopic (exact) mass is 411 g/mol. The Morgan fingerprint density at radius 2 is 1.93 bits per heavy atom. The lowest BCUT2D eigenvalue weighted by Crippen LogP contribution is -2.20. The number of carbonyl (C=O) groups is 1. The van der Waals surface area contributed by atoms with E-state index >= 15 is 0 Å². The van der Waals surface area contributed by atoms with Crippen molar-refractivity contribution in [3.63, 3.8) is 0 Å². The van der Waals surface area contributed by atoms with Crippen LogP contribution in [-0.4, -0.2) is 36.6 Å². The second-order valence-corrected chi connectivity index (χ2v) is 8.54. The van der Waals surface area contributed by atoms with Gasteiger partial charge in [-0.1, -0.05) is 23.7 Å². The van der Waals surface area contributed by atoms with Gasteiger partial charge in [-0.25, -0.2) is 19.7 Å². The van der Waals surface area contributed by atoms with Gasteiger partial charge in [-0.2, -0.15) is 0 Å². The van der Waals surface area contributed by atoms with E-state index in [0.717, 1.165) is 29.7 Å². The Bertz CT molecular complexity index is 1090. The van der Waals surface area contributed by atoms with E-state index in [-0.39, 0.29) is 11.9 Å². The van der Waals surface area contributed by atoms with Crippen molar-refractivity contribution < 1.29 is 9.90 Å². The minimum atomic E-state index is -1.14. The quantitative estimate of drug-likeness (QED) is 0.601. The smallest absolute Gasteiger partial charge is 0.374 e. The van der Waals surface area contributed by atoms with E-state index in [1.54, 1.807) is 0 Å². The van der Waals surface area contributed by atoms with Crippen LogP contribution in [0.15, 0.2) is 24.3 Å². The summed E-state index contributed by atoms with van der Waals surface area (Å²) in [7, 11) is 0. The van der Waals surface area contributed by atoms with E-state index < -0.39 is 5.97 Å². The average molecular weight is 412 g/mol. The molecule has 2 heterocycles. The molecule has 0 spiro atoms. The fourth-order valence-corrected chi connectivity index (χ4v) is 3.89. The van der Waals surface area contributed by atoms with Gasteiger partial charge in [0.25, 0.3) is 0 Å². The number of hydrogen-bond donors (Lipinski definition) is 2.